The molecule has 19 heavy (non-hydrogen) atoms. The van der Waals surface area contributed by atoms with E-state index in [1.807, 2.05) is 0 Å². The van der Waals surface area contributed by atoms with E-state index < -0.39 is 0 Å². The number of ether oxygens (including phenoxy) is 1. The van der Waals surface area contributed by atoms with Gasteiger partial charge in [-0.1, -0.05) is 40.0 Å². The number of hydrogen-bond acceptors (Lipinski definition) is 1. The van der Waals surface area contributed by atoms with Gasteiger partial charge in [0, 0.05) is 6.61 Å². The molecule has 0 bridgehead atoms. The van der Waals surface area contributed by atoms with E-state index >= 15 is 0 Å². The fourth-order valence-electron chi connectivity index (χ4n) is 2.55. The molecule has 0 aliphatic heterocycles. The average Bonchev–Trinajstić information content (AvgIpc) is 2.40. The third-order valence-corrected chi connectivity index (χ3v) is 3.87. The van der Waals surface area contributed by atoms with Gasteiger partial charge in [-0.3, -0.25) is 0 Å². The molecular formula is C16H36LiNO+2. The second kappa shape index (κ2) is 14.9. The van der Waals surface area contributed by atoms with Crippen molar-refractivity contribution in [3.05, 3.63) is 0 Å². The molecule has 0 spiro atoms. The summed E-state index contributed by atoms with van der Waals surface area (Å²) in [7, 11) is 0. The van der Waals surface area contributed by atoms with Crippen molar-refractivity contribution in [2.45, 2.75) is 66.2 Å². The summed E-state index contributed by atoms with van der Waals surface area (Å²) in [6.07, 6.45) is 8.02. The number of unbranched alkanes of at least 4 members (excludes halogenated alkanes) is 3. The van der Waals surface area contributed by atoms with E-state index in [-0.39, 0.29) is 18.9 Å². The number of nitrogens with zero attached hydrogens (tertiary/aromatic N) is 1. The molecule has 0 aliphatic carbocycles. The maximum Gasteiger partial charge on any atom is 1.00 e. The molecule has 0 unspecified atom stereocenters. The fraction of sp³-hybridized carbons (Fsp3) is 1.00. The topological polar surface area (TPSA) is 9.23 Å². The van der Waals surface area contributed by atoms with Crippen LogP contribution in [0.1, 0.15) is 66.2 Å². The normalized spacial score (nSPS) is 11.4. The molecule has 0 aromatic carbocycles. The molecule has 0 aromatic heterocycles. The summed E-state index contributed by atoms with van der Waals surface area (Å²) in [6.45, 7) is 16.1. The van der Waals surface area contributed by atoms with Crippen LogP contribution in [0.25, 0.3) is 0 Å². The first-order valence-corrected chi connectivity index (χ1v) is 8.17. The van der Waals surface area contributed by atoms with Crippen LogP contribution < -0.4 is 18.9 Å². The molecule has 0 radical (unpaired) electrons. The van der Waals surface area contributed by atoms with Gasteiger partial charge in [0.1, 0.15) is 6.54 Å². The van der Waals surface area contributed by atoms with Crippen molar-refractivity contribution in [2.75, 3.05) is 39.4 Å². The standard InChI is InChI=1S/C16H36NO.Li/c1-5-9-12-17(13-10-6-2,14-11-7-3)15-16-18-8-4;/h5-16H2,1-4H3;/q2*+1. The predicted octanol–water partition coefficient (Wildman–Crippen LogP) is 1.24. The Morgan fingerprint density at radius 2 is 1.11 bits per heavy atom. The summed E-state index contributed by atoms with van der Waals surface area (Å²) in [6, 6.07) is 0. The van der Waals surface area contributed by atoms with Crippen molar-refractivity contribution in [2.24, 2.45) is 0 Å². The zero-order valence-corrected chi connectivity index (χ0v) is 14.3. The summed E-state index contributed by atoms with van der Waals surface area (Å²) in [5.74, 6) is 0. The predicted molar refractivity (Wildman–Crippen MR) is 80.9 cm³/mol. The number of quaternary nitrogens is 1. The number of rotatable bonds is 13. The molecule has 0 aromatic rings. The van der Waals surface area contributed by atoms with Gasteiger partial charge < -0.3 is 9.22 Å². The largest absolute Gasteiger partial charge is 1.00 e. The van der Waals surface area contributed by atoms with Crippen LogP contribution in [-0.2, 0) is 4.74 Å². The van der Waals surface area contributed by atoms with E-state index in [1.165, 1.54) is 69.2 Å². The first-order valence-electron chi connectivity index (χ1n) is 8.17. The minimum Gasteiger partial charge on any atom is -0.376 e. The van der Waals surface area contributed by atoms with Gasteiger partial charge in [0.15, 0.2) is 0 Å². The molecule has 0 amide bonds. The van der Waals surface area contributed by atoms with Crippen LogP contribution in [0.15, 0.2) is 0 Å². The van der Waals surface area contributed by atoms with E-state index in [2.05, 4.69) is 27.7 Å². The summed E-state index contributed by atoms with van der Waals surface area (Å²) in [4.78, 5) is 0. The Bertz CT molecular complexity index is 154. The maximum atomic E-state index is 5.61. The molecule has 0 fully saturated rings. The van der Waals surface area contributed by atoms with Gasteiger partial charge in [-0.05, 0) is 26.2 Å². The second-order valence-electron chi connectivity index (χ2n) is 5.49. The Morgan fingerprint density at radius 3 is 1.42 bits per heavy atom. The van der Waals surface area contributed by atoms with Gasteiger partial charge in [0.05, 0.1) is 26.2 Å². The molecule has 0 saturated carbocycles. The van der Waals surface area contributed by atoms with Crippen LogP contribution in [0.2, 0.25) is 0 Å². The summed E-state index contributed by atoms with van der Waals surface area (Å²) in [5, 5.41) is 0. The third kappa shape index (κ3) is 10.9. The molecule has 0 saturated heterocycles. The van der Waals surface area contributed by atoms with E-state index in [4.69, 9.17) is 4.74 Å². The van der Waals surface area contributed by atoms with Crippen molar-refractivity contribution in [3.8, 4) is 0 Å². The van der Waals surface area contributed by atoms with Crippen molar-refractivity contribution in [1.29, 1.82) is 0 Å². The monoisotopic (exact) mass is 265 g/mol. The van der Waals surface area contributed by atoms with Crippen molar-refractivity contribution in [3.63, 3.8) is 0 Å². The van der Waals surface area contributed by atoms with Crippen LogP contribution >= 0.6 is 0 Å². The quantitative estimate of drug-likeness (QED) is 0.277. The Hall–Kier alpha value is 0.517. The van der Waals surface area contributed by atoms with Crippen LogP contribution in [0.4, 0.5) is 0 Å². The van der Waals surface area contributed by atoms with Gasteiger partial charge in [0.25, 0.3) is 0 Å². The van der Waals surface area contributed by atoms with Crippen LogP contribution in [-0.4, -0.2) is 43.9 Å². The van der Waals surface area contributed by atoms with Crippen LogP contribution in [0, 0.1) is 0 Å². The molecule has 3 heteroatoms. The van der Waals surface area contributed by atoms with E-state index in [0.717, 1.165) is 13.2 Å². The van der Waals surface area contributed by atoms with Crippen LogP contribution in [0.3, 0.4) is 0 Å². The summed E-state index contributed by atoms with van der Waals surface area (Å²) in [5.41, 5.74) is 0. The second-order valence-corrected chi connectivity index (χ2v) is 5.49. The Kier molecular flexibility index (Phi) is 17.1. The zero-order valence-electron chi connectivity index (χ0n) is 14.3. The molecule has 0 atom stereocenters. The first kappa shape index (κ1) is 21.8. The minimum atomic E-state index is 0. The van der Waals surface area contributed by atoms with Crippen LogP contribution in [0.5, 0.6) is 0 Å². The minimum absolute atomic E-state index is 0. The molecular weight excluding hydrogens is 229 g/mol. The van der Waals surface area contributed by atoms with Gasteiger partial charge in [-0.25, -0.2) is 0 Å². The first-order chi connectivity index (χ1) is 8.74. The maximum absolute atomic E-state index is 5.61. The number of hydrogen-bond donors (Lipinski definition) is 0. The smallest absolute Gasteiger partial charge is 0.376 e. The van der Waals surface area contributed by atoms with E-state index in [1.54, 1.807) is 0 Å². The third-order valence-electron chi connectivity index (χ3n) is 3.87. The molecule has 2 nitrogen and oxygen atoms in total. The molecule has 110 valence electrons. The average molecular weight is 265 g/mol. The molecule has 0 heterocycles. The van der Waals surface area contributed by atoms with E-state index in [0.29, 0.717) is 0 Å². The van der Waals surface area contributed by atoms with Crippen molar-refractivity contribution < 1.29 is 28.1 Å². The summed E-state index contributed by atoms with van der Waals surface area (Å²) < 4.78 is 6.91. The zero-order chi connectivity index (χ0) is 13.7. The van der Waals surface area contributed by atoms with Crippen molar-refractivity contribution in [1.82, 2.24) is 0 Å². The van der Waals surface area contributed by atoms with E-state index in [9.17, 15) is 0 Å². The Labute approximate surface area is 134 Å². The van der Waals surface area contributed by atoms with Gasteiger partial charge in [0.2, 0.25) is 0 Å². The van der Waals surface area contributed by atoms with Gasteiger partial charge >= 0.3 is 18.9 Å². The molecule has 0 rings (SSSR count). The Morgan fingerprint density at radius 1 is 0.684 bits per heavy atom. The van der Waals surface area contributed by atoms with Gasteiger partial charge in [-0.15, -0.1) is 0 Å². The molecule has 0 aliphatic rings. The van der Waals surface area contributed by atoms with Crippen molar-refractivity contribution >= 4 is 0 Å². The summed E-state index contributed by atoms with van der Waals surface area (Å²) >= 11 is 0. The Balaban J connectivity index is 0. The van der Waals surface area contributed by atoms with Gasteiger partial charge in [-0.2, -0.15) is 0 Å². The fourth-order valence-corrected chi connectivity index (χ4v) is 2.55. The SMILES string of the molecule is CCCC[N+](CCCC)(CCCC)CCOCC.[Li+]. The molecule has 0 N–H and O–H groups in total.